The minimum Gasteiger partial charge on any atom is -0.471 e. The Bertz CT molecular complexity index is 1280. The number of carbonyl (C=O) groups excluding carboxylic acids is 1. The Morgan fingerprint density at radius 3 is 2.86 bits per heavy atom. The van der Waals surface area contributed by atoms with Gasteiger partial charge in [0.15, 0.2) is 0 Å². The fourth-order valence-corrected chi connectivity index (χ4v) is 4.05. The van der Waals surface area contributed by atoms with E-state index in [4.69, 9.17) is 4.74 Å². The minimum atomic E-state index is -0.443. The maximum atomic E-state index is 14.3. The second kappa shape index (κ2) is 10.9. The number of halogens is 1. The third kappa shape index (κ3) is 5.51. The van der Waals surface area contributed by atoms with Gasteiger partial charge in [-0.3, -0.25) is 9.48 Å². The molecule has 35 heavy (non-hydrogen) atoms. The van der Waals surface area contributed by atoms with Crippen LogP contribution in [0.4, 0.5) is 4.39 Å². The number of dihydropyridines is 1. The van der Waals surface area contributed by atoms with Crippen LogP contribution in [0.2, 0.25) is 0 Å². The number of hydrogen-bond donors (Lipinski definition) is 2. The SMILES string of the molecule is CC/C=C\C(=C/NC=O)c1cn(C)nc1OCc1ccc(C2=C(C)C=C3C=CC=C(F)C3N2)cc1. The van der Waals surface area contributed by atoms with Crippen LogP contribution in [-0.4, -0.2) is 22.2 Å². The molecule has 0 radical (unpaired) electrons. The number of nitrogens with one attached hydrogen (secondary N) is 2. The summed E-state index contributed by atoms with van der Waals surface area (Å²) in [5, 5.41) is 10.4. The number of fused-ring (bicyclic) bond motifs is 1. The van der Waals surface area contributed by atoms with Crippen molar-refractivity contribution in [2.75, 3.05) is 0 Å². The molecule has 2 heterocycles. The van der Waals surface area contributed by atoms with E-state index in [-0.39, 0.29) is 5.83 Å². The summed E-state index contributed by atoms with van der Waals surface area (Å²) in [6, 6.07) is 7.56. The second-order valence-electron chi connectivity index (χ2n) is 8.39. The Hall–Kier alpha value is -4.13. The zero-order chi connectivity index (χ0) is 24.8. The van der Waals surface area contributed by atoms with Gasteiger partial charge in [-0.25, -0.2) is 4.39 Å². The molecule has 1 aromatic heterocycles. The lowest BCUT2D eigenvalue weighted by atomic mass is 9.92. The molecule has 1 aromatic carbocycles. The van der Waals surface area contributed by atoms with Gasteiger partial charge in [0.2, 0.25) is 12.3 Å². The average Bonchev–Trinajstić information content (AvgIpc) is 3.23. The molecular weight excluding hydrogens is 443 g/mol. The van der Waals surface area contributed by atoms with Crippen molar-refractivity contribution in [2.45, 2.75) is 32.9 Å². The summed E-state index contributed by atoms with van der Waals surface area (Å²) < 4.78 is 22.1. The Morgan fingerprint density at radius 1 is 1.31 bits per heavy atom. The topological polar surface area (TPSA) is 68.2 Å². The first-order valence-electron chi connectivity index (χ1n) is 11.6. The summed E-state index contributed by atoms with van der Waals surface area (Å²) in [5.74, 6) is 0.291. The largest absolute Gasteiger partial charge is 0.471 e. The summed E-state index contributed by atoms with van der Waals surface area (Å²) in [5.41, 5.74) is 6.44. The normalized spacial score (nSPS) is 17.6. The van der Waals surface area contributed by atoms with E-state index in [2.05, 4.69) is 15.7 Å². The fourth-order valence-electron chi connectivity index (χ4n) is 4.05. The number of benzene rings is 1. The van der Waals surface area contributed by atoms with Crippen LogP contribution in [0.15, 0.2) is 90.1 Å². The van der Waals surface area contributed by atoms with E-state index in [1.54, 1.807) is 17.0 Å². The van der Waals surface area contributed by atoms with Crippen molar-refractivity contribution < 1.29 is 13.9 Å². The van der Waals surface area contributed by atoms with Crippen LogP contribution in [0.25, 0.3) is 11.3 Å². The average molecular weight is 473 g/mol. The van der Waals surface area contributed by atoms with E-state index in [1.165, 1.54) is 6.08 Å². The molecule has 0 bridgehead atoms. The molecule has 1 unspecified atom stereocenters. The van der Waals surface area contributed by atoms with Gasteiger partial charge in [0.1, 0.15) is 18.5 Å². The van der Waals surface area contributed by atoms with E-state index in [1.807, 2.05) is 75.7 Å². The number of amides is 1. The molecule has 1 aliphatic carbocycles. The highest BCUT2D eigenvalue weighted by Crippen LogP contribution is 2.31. The highest BCUT2D eigenvalue weighted by atomic mass is 19.1. The molecule has 2 aromatic rings. The van der Waals surface area contributed by atoms with E-state index in [0.717, 1.165) is 45.5 Å². The van der Waals surface area contributed by atoms with Crippen LogP contribution in [0, 0.1) is 0 Å². The standard InChI is InChI=1S/C28H29FN4O2/c1-4-5-7-23(15-30-18-34)24-16-33(3)32-28(24)35-17-20-10-12-21(13-11-20)26-19(2)14-22-8-6-9-25(29)27(22)31-26/h5-16,18,27,31H,4,17H2,1-3H3,(H,30,34)/b7-5-,23-15+. The number of nitrogens with zero attached hydrogens (tertiary/aromatic N) is 2. The Kier molecular flexibility index (Phi) is 7.45. The quantitative estimate of drug-likeness (QED) is 0.393. The van der Waals surface area contributed by atoms with Crippen molar-refractivity contribution in [1.29, 1.82) is 0 Å². The van der Waals surface area contributed by atoms with Crippen molar-refractivity contribution in [2.24, 2.45) is 7.05 Å². The predicted molar refractivity (Wildman–Crippen MR) is 137 cm³/mol. The zero-order valence-corrected chi connectivity index (χ0v) is 20.1. The van der Waals surface area contributed by atoms with Crippen LogP contribution >= 0.6 is 0 Å². The Labute approximate surface area is 204 Å². The van der Waals surface area contributed by atoms with Crippen molar-refractivity contribution in [3.63, 3.8) is 0 Å². The molecular formula is C28H29FN4O2. The van der Waals surface area contributed by atoms with Crippen LogP contribution in [0.5, 0.6) is 5.88 Å². The number of rotatable bonds is 9. The summed E-state index contributed by atoms with van der Waals surface area (Å²) in [7, 11) is 1.83. The monoisotopic (exact) mass is 472 g/mol. The van der Waals surface area contributed by atoms with Gasteiger partial charge in [0.25, 0.3) is 0 Å². The van der Waals surface area contributed by atoms with Crippen molar-refractivity contribution in [3.05, 3.63) is 107 Å². The molecule has 180 valence electrons. The van der Waals surface area contributed by atoms with Crippen LogP contribution in [-0.2, 0) is 18.4 Å². The Morgan fingerprint density at radius 2 is 2.11 bits per heavy atom. The molecule has 0 fully saturated rings. The first-order chi connectivity index (χ1) is 17.0. The van der Waals surface area contributed by atoms with Gasteiger partial charge >= 0.3 is 0 Å². The van der Waals surface area contributed by atoms with Crippen LogP contribution in [0.1, 0.15) is 37.0 Å². The number of hydrogen-bond acceptors (Lipinski definition) is 4. The lowest BCUT2D eigenvalue weighted by Crippen LogP contribution is -2.34. The van der Waals surface area contributed by atoms with Crippen molar-refractivity contribution in [1.82, 2.24) is 20.4 Å². The molecule has 0 saturated carbocycles. The minimum absolute atomic E-state index is 0.189. The van der Waals surface area contributed by atoms with E-state index in [0.29, 0.717) is 18.9 Å². The molecule has 1 amide bonds. The summed E-state index contributed by atoms with van der Waals surface area (Å²) >= 11 is 0. The van der Waals surface area contributed by atoms with Gasteiger partial charge in [-0.05, 0) is 41.7 Å². The zero-order valence-electron chi connectivity index (χ0n) is 20.1. The number of aromatic nitrogens is 2. The maximum Gasteiger partial charge on any atom is 0.241 e. The van der Waals surface area contributed by atoms with Crippen molar-refractivity contribution >= 4 is 17.7 Å². The molecule has 4 rings (SSSR count). The molecule has 1 aliphatic heterocycles. The third-order valence-corrected chi connectivity index (χ3v) is 5.78. The molecule has 2 N–H and O–H groups in total. The highest BCUT2D eigenvalue weighted by molar-refractivity contribution is 5.77. The summed E-state index contributed by atoms with van der Waals surface area (Å²) in [6.45, 7) is 4.39. The first-order valence-corrected chi connectivity index (χ1v) is 11.6. The number of carbonyl (C=O) groups is 1. The van der Waals surface area contributed by atoms with Crippen LogP contribution in [0.3, 0.4) is 0 Å². The van der Waals surface area contributed by atoms with E-state index >= 15 is 0 Å². The predicted octanol–water partition coefficient (Wildman–Crippen LogP) is 5.10. The van der Waals surface area contributed by atoms with Gasteiger partial charge in [-0.2, -0.15) is 0 Å². The molecule has 7 heteroatoms. The van der Waals surface area contributed by atoms with E-state index in [9.17, 15) is 9.18 Å². The molecule has 0 spiro atoms. The second-order valence-corrected chi connectivity index (χ2v) is 8.39. The summed E-state index contributed by atoms with van der Waals surface area (Å²) in [4.78, 5) is 10.8. The van der Waals surface area contributed by atoms with Gasteiger partial charge in [-0.1, -0.05) is 61.6 Å². The number of allylic oxidation sites excluding steroid dienone is 7. The first kappa shape index (κ1) is 24.0. The highest BCUT2D eigenvalue weighted by Gasteiger charge is 2.25. The Balaban J connectivity index is 1.50. The van der Waals surface area contributed by atoms with E-state index < -0.39 is 6.04 Å². The number of ether oxygens (including phenoxy) is 1. The lowest BCUT2D eigenvalue weighted by Gasteiger charge is -2.29. The fraction of sp³-hybridized carbons (Fsp3) is 0.214. The molecule has 1 atom stereocenters. The molecule has 0 saturated heterocycles. The number of aryl methyl sites for hydroxylation is 1. The summed E-state index contributed by atoms with van der Waals surface area (Å²) in [6.07, 6.45) is 16.1. The lowest BCUT2D eigenvalue weighted by molar-refractivity contribution is -0.108. The van der Waals surface area contributed by atoms with Crippen LogP contribution < -0.4 is 15.4 Å². The molecule has 2 aliphatic rings. The molecule has 6 nitrogen and oxygen atoms in total. The van der Waals surface area contributed by atoms with Gasteiger partial charge < -0.3 is 15.4 Å². The van der Waals surface area contributed by atoms with Gasteiger partial charge in [-0.15, -0.1) is 5.10 Å². The van der Waals surface area contributed by atoms with Crippen molar-refractivity contribution in [3.8, 4) is 5.88 Å². The maximum absolute atomic E-state index is 14.3. The smallest absolute Gasteiger partial charge is 0.241 e. The third-order valence-electron chi connectivity index (χ3n) is 5.78. The van der Waals surface area contributed by atoms with Gasteiger partial charge in [0.05, 0.1) is 5.56 Å². The van der Waals surface area contributed by atoms with Gasteiger partial charge in [0, 0.05) is 30.7 Å².